The van der Waals surface area contributed by atoms with E-state index in [4.69, 9.17) is 14.2 Å². The summed E-state index contributed by atoms with van der Waals surface area (Å²) in [6, 6.07) is 0. The van der Waals surface area contributed by atoms with Crippen molar-refractivity contribution in [2.75, 3.05) is 13.2 Å². The van der Waals surface area contributed by atoms with Crippen LogP contribution in [0, 0.1) is 0 Å². The van der Waals surface area contributed by atoms with Gasteiger partial charge in [-0.1, -0.05) is 291 Å². The van der Waals surface area contributed by atoms with E-state index in [-0.39, 0.29) is 31.1 Å². The fourth-order valence-electron chi connectivity index (χ4n) is 9.67. The first kappa shape index (κ1) is 76.3. The van der Waals surface area contributed by atoms with E-state index in [2.05, 4.69) is 118 Å². The van der Waals surface area contributed by atoms with Crippen LogP contribution >= 0.6 is 0 Å². The van der Waals surface area contributed by atoms with Crippen LogP contribution in [0.1, 0.15) is 335 Å². The Labute approximate surface area is 496 Å². The van der Waals surface area contributed by atoms with Crippen molar-refractivity contribution >= 4 is 17.9 Å². The first-order valence-electron chi connectivity index (χ1n) is 34.2. The molecule has 0 rings (SSSR count). The molecule has 0 radical (unpaired) electrons. The highest BCUT2D eigenvalue weighted by Gasteiger charge is 2.19. The summed E-state index contributed by atoms with van der Waals surface area (Å²) in [4.78, 5) is 38.4. The number of carbonyl (C=O) groups excluding carboxylic acids is 3. The highest BCUT2D eigenvalue weighted by Crippen LogP contribution is 2.17. The predicted molar refractivity (Wildman–Crippen MR) is 348 cm³/mol. The number of ether oxygens (including phenoxy) is 3. The van der Waals surface area contributed by atoms with E-state index in [9.17, 15) is 14.4 Å². The van der Waals surface area contributed by atoms with Gasteiger partial charge in [0.05, 0.1) is 0 Å². The van der Waals surface area contributed by atoms with E-state index in [1.165, 1.54) is 186 Å². The minimum Gasteiger partial charge on any atom is -0.462 e. The highest BCUT2D eigenvalue weighted by atomic mass is 16.6. The number of rotatable bonds is 62. The Bertz CT molecular complexity index is 1560. The van der Waals surface area contributed by atoms with Crippen LogP contribution in [0.5, 0.6) is 0 Å². The van der Waals surface area contributed by atoms with E-state index in [0.29, 0.717) is 19.3 Å². The monoisotopic (exact) mass is 1110 g/mol. The zero-order valence-corrected chi connectivity index (χ0v) is 52.8. The standard InChI is InChI=1S/C74H128O6/c1-4-7-10-13-16-19-22-25-28-31-32-33-34-35-36-37-38-39-40-41-42-44-46-49-52-55-58-61-64-67-73(76)79-70-71(69-78-72(75)66-63-60-57-54-51-48-45-30-27-24-21-18-15-12-9-6-3)80-74(77)68-65-62-59-56-53-50-47-43-29-26-23-20-17-14-11-8-5-2/h7,10,16-17,19-20,25-26,28-30,32-33,35-36,45,71H,4-6,8-9,11-15,18,21-24,27,31,34,37-44,46-70H2,1-3H3/b10-7-,19-16-,20-17-,28-25-,29-26-,33-32-,36-35-,45-30-. The smallest absolute Gasteiger partial charge is 0.306 e. The summed E-state index contributed by atoms with van der Waals surface area (Å²) < 4.78 is 17.0. The lowest BCUT2D eigenvalue weighted by molar-refractivity contribution is -0.167. The number of unbranched alkanes of at least 4 members (excludes halogenated alkanes) is 35. The maximum absolute atomic E-state index is 12.9. The Balaban J connectivity index is 4.30. The van der Waals surface area contributed by atoms with Gasteiger partial charge in [0.1, 0.15) is 13.2 Å². The zero-order valence-electron chi connectivity index (χ0n) is 52.8. The molecule has 0 saturated heterocycles. The van der Waals surface area contributed by atoms with Crippen molar-refractivity contribution in [1.82, 2.24) is 0 Å². The molecule has 6 nitrogen and oxygen atoms in total. The Hall–Kier alpha value is -3.67. The molecule has 0 bridgehead atoms. The van der Waals surface area contributed by atoms with E-state index in [0.717, 1.165) is 109 Å². The van der Waals surface area contributed by atoms with E-state index >= 15 is 0 Å². The van der Waals surface area contributed by atoms with Gasteiger partial charge in [0, 0.05) is 19.3 Å². The van der Waals surface area contributed by atoms with Gasteiger partial charge >= 0.3 is 17.9 Å². The molecule has 0 saturated carbocycles. The molecule has 0 aliphatic carbocycles. The topological polar surface area (TPSA) is 78.9 Å². The molecule has 0 N–H and O–H groups in total. The third-order valence-electron chi connectivity index (χ3n) is 14.8. The third kappa shape index (κ3) is 65.1. The van der Waals surface area contributed by atoms with Crippen molar-refractivity contribution < 1.29 is 28.6 Å². The minimum absolute atomic E-state index is 0.0820. The average molecular weight is 1110 g/mol. The van der Waals surface area contributed by atoms with Crippen LogP contribution < -0.4 is 0 Å². The molecule has 0 spiro atoms. The molecular formula is C74H128O6. The highest BCUT2D eigenvalue weighted by molar-refractivity contribution is 5.71. The van der Waals surface area contributed by atoms with Gasteiger partial charge in [-0.25, -0.2) is 0 Å². The van der Waals surface area contributed by atoms with Crippen LogP contribution in [-0.2, 0) is 28.6 Å². The van der Waals surface area contributed by atoms with Gasteiger partial charge in [-0.05, 0) is 122 Å². The van der Waals surface area contributed by atoms with E-state index in [1.807, 2.05) is 0 Å². The van der Waals surface area contributed by atoms with Crippen molar-refractivity contribution in [3.05, 3.63) is 97.2 Å². The first-order valence-corrected chi connectivity index (χ1v) is 34.2. The summed E-state index contributed by atoms with van der Waals surface area (Å²) >= 11 is 0. The molecular weight excluding hydrogens is 985 g/mol. The maximum atomic E-state index is 12.9. The number of hydrogen-bond donors (Lipinski definition) is 0. The lowest BCUT2D eigenvalue weighted by Gasteiger charge is -2.18. The Morgan fingerprint density at radius 2 is 0.487 bits per heavy atom. The van der Waals surface area contributed by atoms with E-state index < -0.39 is 6.10 Å². The molecule has 460 valence electrons. The molecule has 0 aromatic carbocycles. The van der Waals surface area contributed by atoms with Crippen molar-refractivity contribution in [2.45, 2.75) is 341 Å². The number of hydrogen-bond acceptors (Lipinski definition) is 6. The lowest BCUT2D eigenvalue weighted by Crippen LogP contribution is -2.30. The number of carbonyl (C=O) groups is 3. The van der Waals surface area contributed by atoms with E-state index in [1.54, 1.807) is 0 Å². The average Bonchev–Trinajstić information content (AvgIpc) is 3.46. The molecule has 1 atom stereocenters. The Kier molecular flexibility index (Phi) is 64.7. The first-order chi connectivity index (χ1) is 39.5. The van der Waals surface area contributed by atoms with Gasteiger partial charge in [0.2, 0.25) is 0 Å². The van der Waals surface area contributed by atoms with Crippen molar-refractivity contribution in [1.29, 1.82) is 0 Å². The van der Waals surface area contributed by atoms with Crippen LogP contribution in [-0.4, -0.2) is 37.2 Å². The molecule has 0 aliphatic heterocycles. The predicted octanol–water partition coefficient (Wildman–Crippen LogP) is 23.6. The van der Waals surface area contributed by atoms with Crippen molar-refractivity contribution in [3.8, 4) is 0 Å². The minimum atomic E-state index is -0.787. The van der Waals surface area contributed by atoms with Gasteiger partial charge in [-0.15, -0.1) is 0 Å². The number of esters is 3. The third-order valence-corrected chi connectivity index (χ3v) is 14.8. The SMILES string of the molecule is CC/C=C\C/C=C\C/C=C\C/C=C\C/C=C\CCCCCCCCCCCCCCCC(=O)OCC(COC(=O)CCCCCCC/C=C\CCCCCCCCC)OC(=O)CCCCCCCCC/C=C\C/C=C\CCCCC. The normalized spacial score (nSPS) is 12.7. The molecule has 0 fully saturated rings. The molecule has 6 heteroatoms. The summed E-state index contributed by atoms with van der Waals surface area (Å²) in [5.74, 6) is -0.885. The van der Waals surface area contributed by atoms with Gasteiger partial charge in [0.25, 0.3) is 0 Å². The lowest BCUT2D eigenvalue weighted by atomic mass is 10.0. The quantitative estimate of drug-likeness (QED) is 0.0261. The van der Waals surface area contributed by atoms with Crippen LogP contribution in [0.2, 0.25) is 0 Å². The summed E-state index contributed by atoms with van der Waals surface area (Å²) in [6.07, 6.45) is 91.3. The van der Waals surface area contributed by atoms with Crippen LogP contribution in [0.15, 0.2) is 97.2 Å². The second-order valence-corrected chi connectivity index (χ2v) is 22.7. The molecule has 1 unspecified atom stereocenters. The zero-order chi connectivity index (χ0) is 57.8. The molecule has 80 heavy (non-hydrogen) atoms. The summed E-state index contributed by atoms with van der Waals surface area (Å²) in [5, 5.41) is 0. The second-order valence-electron chi connectivity index (χ2n) is 22.7. The van der Waals surface area contributed by atoms with Crippen LogP contribution in [0.4, 0.5) is 0 Å². The van der Waals surface area contributed by atoms with Gasteiger partial charge in [0.15, 0.2) is 6.10 Å². The Morgan fingerprint density at radius 1 is 0.263 bits per heavy atom. The molecule has 0 heterocycles. The summed E-state index contributed by atoms with van der Waals surface area (Å²) in [5.41, 5.74) is 0. The van der Waals surface area contributed by atoms with Crippen molar-refractivity contribution in [3.63, 3.8) is 0 Å². The Morgan fingerprint density at radius 3 is 0.800 bits per heavy atom. The van der Waals surface area contributed by atoms with Crippen LogP contribution in [0.25, 0.3) is 0 Å². The van der Waals surface area contributed by atoms with Gasteiger partial charge in [-0.2, -0.15) is 0 Å². The molecule has 0 amide bonds. The molecule has 0 aliphatic rings. The van der Waals surface area contributed by atoms with Crippen molar-refractivity contribution in [2.24, 2.45) is 0 Å². The van der Waals surface area contributed by atoms with Gasteiger partial charge in [-0.3, -0.25) is 14.4 Å². The fraction of sp³-hybridized carbons (Fsp3) is 0.743. The molecule has 0 aromatic rings. The fourth-order valence-corrected chi connectivity index (χ4v) is 9.67. The van der Waals surface area contributed by atoms with Gasteiger partial charge < -0.3 is 14.2 Å². The summed E-state index contributed by atoms with van der Waals surface area (Å²) in [7, 11) is 0. The maximum Gasteiger partial charge on any atom is 0.306 e. The number of allylic oxidation sites excluding steroid dienone is 16. The largest absolute Gasteiger partial charge is 0.462 e. The van der Waals surface area contributed by atoms with Crippen LogP contribution in [0.3, 0.4) is 0 Å². The second kappa shape index (κ2) is 67.8. The summed E-state index contributed by atoms with van der Waals surface area (Å²) in [6.45, 7) is 6.52. The molecule has 0 aromatic heterocycles.